The monoisotopic (exact) mass is 440 g/mol. The number of hydrogen-bond acceptors (Lipinski definition) is 7. The molecule has 31 heavy (non-hydrogen) atoms. The molecular weight excluding hydrogens is 420 g/mol. The molecule has 160 valence electrons. The minimum absolute atomic E-state index is 0.0204. The smallest absolute Gasteiger partial charge is 0.146 e. The molecule has 1 aromatic heterocycles. The van der Waals surface area contributed by atoms with Crippen molar-refractivity contribution in [2.45, 2.75) is 45.6 Å². The Morgan fingerprint density at radius 2 is 1.74 bits per heavy atom. The van der Waals surface area contributed by atoms with Crippen LogP contribution < -0.4 is 15.2 Å². The predicted octanol–water partition coefficient (Wildman–Crippen LogP) is 2.10. The quantitative estimate of drug-likeness (QED) is 0.461. The Balaban J connectivity index is 2.29. The second-order valence-electron chi connectivity index (χ2n) is 7.00. The molecule has 0 saturated heterocycles. The fraction of sp³-hybridized carbons (Fsp3) is 0.391. The largest absolute Gasteiger partial charge is 0.492 e. The van der Waals surface area contributed by atoms with Crippen LogP contribution in [0.25, 0.3) is 16.5 Å². The van der Waals surface area contributed by atoms with E-state index in [1.54, 1.807) is 17.9 Å². The van der Waals surface area contributed by atoms with E-state index in [4.69, 9.17) is 21.1 Å². The van der Waals surface area contributed by atoms with Crippen LogP contribution in [0.3, 0.4) is 0 Å². The number of pyridine rings is 1. The van der Waals surface area contributed by atoms with Gasteiger partial charge in [0.25, 0.3) is 0 Å². The van der Waals surface area contributed by atoms with Crippen LogP contribution in [-0.2, 0) is 19.1 Å². The molecule has 7 nitrogen and oxygen atoms in total. The van der Waals surface area contributed by atoms with E-state index in [9.17, 15) is 14.4 Å². The van der Waals surface area contributed by atoms with Crippen molar-refractivity contribution < 1.29 is 23.9 Å². The first kappa shape index (κ1) is 22.6. The number of unbranched alkanes of at least 4 members (excludes halogenated alkanes) is 2. The summed E-state index contributed by atoms with van der Waals surface area (Å²) in [5.41, 5.74) is 0.543. The zero-order valence-corrected chi connectivity index (χ0v) is 18.0. The SMILES string of the molecule is CCCCOc1cnc2c3c(c(=C=O)c(=C=O)c2c1)C(=C=O)C(OCCCC)C(Cl)=N3. The van der Waals surface area contributed by atoms with Crippen LogP contribution >= 0.6 is 11.6 Å². The molecule has 0 spiro atoms. The summed E-state index contributed by atoms with van der Waals surface area (Å²) in [6.07, 6.45) is 3.96. The van der Waals surface area contributed by atoms with E-state index in [1.807, 2.05) is 19.8 Å². The zero-order chi connectivity index (χ0) is 22.4. The van der Waals surface area contributed by atoms with E-state index < -0.39 is 6.10 Å². The van der Waals surface area contributed by atoms with E-state index in [0.717, 1.165) is 25.7 Å². The molecule has 1 unspecified atom stereocenters. The molecule has 0 bridgehead atoms. The van der Waals surface area contributed by atoms with Crippen molar-refractivity contribution in [2.75, 3.05) is 13.2 Å². The number of halogens is 1. The van der Waals surface area contributed by atoms with E-state index in [1.165, 1.54) is 6.20 Å². The lowest BCUT2D eigenvalue weighted by Gasteiger charge is -2.23. The minimum atomic E-state index is -0.987. The summed E-state index contributed by atoms with van der Waals surface area (Å²) in [4.78, 5) is 44.4. The molecule has 1 atom stereocenters. The summed E-state index contributed by atoms with van der Waals surface area (Å²) in [5, 5.41) is 0.101. The fourth-order valence-corrected chi connectivity index (χ4v) is 3.59. The highest BCUT2D eigenvalue weighted by Crippen LogP contribution is 2.36. The second kappa shape index (κ2) is 10.3. The third-order valence-corrected chi connectivity index (χ3v) is 5.21. The number of hydrogen-bond donors (Lipinski definition) is 0. The standard InChI is InChI=1S/C23H21ClN2O5/c1-3-5-7-30-14-9-15-16(11-27)17(12-28)19-18(13-29)22(31-8-6-4-2)23(24)26-21(19)20(15)25-10-14/h9-10,22H,3-8H2,1-2H3. The molecule has 0 amide bonds. The van der Waals surface area contributed by atoms with Gasteiger partial charge in [0.15, 0.2) is 0 Å². The van der Waals surface area contributed by atoms with Gasteiger partial charge in [0.1, 0.15) is 40.5 Å². The van der Waals surface area contributed by atoms with Gasteiger partial charge in [-0.1, -0.05) is 38.3 Å². The van der Waals surface area contributed by atoms with Crippen molar-refractivity contribution in [1.82, 2.24) is 4.98 Å². The number of nitrogens with zero attached hydrogens (tertiary/aromatic N) is 2. The van der Waals surface area contributed by atoms with Crippen LogP contribution in [0.5, 0.6) is 5.75 Å². The topological polar surface area (TPSA) is 94.9 Å². The maximum absolute atomic E-state index is 11.9. The molecule has 0 saturated carbocycles. The van der Waals surface area contributed by atoms with Gasteiger partial charge in [0.2, 0.25) is 0 Å². The second-order valence-corrected chi connectivity index (χ2v) is 7.39. The maximum atomic E-state index is 11.9. The number of carbonyl (C=O) groups excluding carboxylic acids is 3. The summed E-state index contributed by atoms with van der Waals surface area (Å²) in [6.45, 7) is 4.86. The highest BCUT2D eigenvalue weighted by atomic mass is 35.5. The molecule has 2 aromatic rings. The Morgan fingerprint density at radius 1 is 1.03 bits per heavy atom. The van der Waals surface area contributed by atoms with Gasteiger partial charge in [0.05, 0.1) is 34.3 Å². The zero-order valence-electron chi connectivity index (χ0n) is 17.3. The van der Waals surface area contributed by atoms with Crippen LogP contribution in [0.15, 0.2) is 17.3 Å². The molecule has 1 aromatic carbocycles. The Bertz CT molecular complexity index is 1250. The third-order valence-electron chi connectivity index (χ3n) is 4.92. The van der Waals surface area contributed by atoms with E-state index >= 15 is 0 Å². The Kier molecular flexibility index (Phi) is 7.54. The van der Waals surface area contributed by atoms with Crippen LogP contribution in [0.4, 0.5) is 5.69 Å². The fourth-order valence-electron chi connectivity index (χ4n) is 3.33. The molecule has 1 aliphatic rings. The number of rotatable bonds is 8. The average Bonchev–Trinajstić information content (AvgIpc) is 2.78. The molecule has 2 heterocycles. The first-order chi connectivity index (χ1) is 15.1. The van der Waals surface area contributed by atoms with Crippen molar-refractivity contribution in [3.8, 4) is 5.75 Å². The first-order valence-corrected chi connectivity index (χ1v) is 10.5. The lowest BCUT2D eigenvalue weighted by Crippen LogP contribution is -2.37. The average molecular weight is 441 g/mol. The van der Waals surface area contributed by atoms with Crippen molar-refractivity contribution in [2.24, 2.45) is 4.99 Å². The lowest BCUT2D eigenvalue weighted by molar-refractivity contribution is 0.131. The lowest BCUT2D eigenvalue weighted by atomic mass is 9.92. The van der Waals surface area contributed by atoms with E-state index in [-0.39, 0.29) is 37.9 Å². The molecular formula is C23H21ClN2O5. The molecule has 8 heteroatoms. The van der Waals surface area contributed by atoms with Gasteiger partial charge in [-0.2, -0.15) is 0 Å². The Hall–Kier alpha value is -3.04. The minimum Gasteiger partial charge on any atom is -0.492 e. The number of aromatic nitrogens is 1. The van der Waals surface area contributed by atoms with E-state index in [2.05, 4.69) is 9.98 Å². The molecule has 0 N–H and O–H groups in total. The molecule has 1 aliphatic heterocycles. The highest BCUT2D eigenvalue weighted by molar-refractivity contribution is 6.68. The summed E-state index contributed by atoms with van der Waals surface area (Å²) < 4.78 is 11.4. The van der Waals surface area contributed by atoms with Crippen molar-refractivity contribution in [1.29, 1.82) is 0 Å². The van der Waals surface area contributed by atoms with Crippen LogP contribution in [-0.4, -0.2) is 47.3 Å². The van der Waals surface area contributed by atoms with Gasteiger partial charge in [-0.25, -0.2) is 19.4 Å². The van der Waals surface area contributed by atoms with Gasteiger partial charge in [-0.15, -0.1) is 0 Å². The predicted molar refractivity (Wildman–Crippen MR) is 118 cm³/mol. The van der Waals surface area contributed by atoms with Crippen LogP contribution in [0.2, 0.25) is 0 Å². The summed E-state index contributed by atoms with van der Waals surface area (Å²) in [6, 6.07) is 1.59. The van der Waals surface area contributed by atoms with Crippen LogP contribution in [0.1, 0.15) is 45.1 Å². The molecule has 3 rings (SSSR count). The first-order valence-electron chi connectivity index (χ1n) is 10.1. The summed E-state index contributed by atoms with van der Waals surface area (Å²) in [7, 11) is 0. The van der Waals surface area contributed by atoms with Gasteiger partial charge >= 0.3 is 0 Å². The van der Waals surface area contributed by atoms with Crippen LogP contribution in [0, 0.1) is 0 Å². The van der Waals surface area contributed by atoms with Crippen molar-refractivity contribution in [3.63, 3.8) is 0 Å². The Labute approximate surface area is 183 Å². The third kappa shape index (κ3) is 4.38. The number of fused-ring (bicyclic) bond motifs is 3. The maximum Gasteiger partial charge on any atom is 0.146 e. The van der Waals surface area contributed by atoms with Gasteiger partial charge < -0.3 is 9.47 Å². The van der Waals surface area contributed by atoms with Crippen molar-refractivity contribution >= 4 is 56.8 Å². The van der Waals surface area contributed by atoms with Crippen molar-refractivity contribution in [3.05, 3.63) is 28.3 Å². The van der Waals surface area contributed by atoms with Gasteiger partial charge in [-0.3, -0.25) is 4.98 Å². The molecule has 0 fully saturated rings. The van der Waals surface area contributed by atoms with Gasteiger partial charge in [0, 0.05) is 17.6 Å². The molecule has 0 radical (unpaired) electrons. The normalized spacial score (nSPS) is 15.0. The highest BCUT2D eigenvalue weighted by Gasteiger charge is 2.33. The van der Waals surface area contributed by atoms with Gasteiger partial charge in [-0.05, 0) is 18.9 Å². The van der Waals surface area contributed by atoms with E-state index in [0.29, 0.717) is 24.3 Å². The summed E-state index contributed by atoms with van der Waals surface area (Å²) in [5.74, 6) is 5.80. The Morgan fingerprint density at radius 3 is 2.39 bits per heavy atom. The number of benzene rings is 1. The molecule has 0 aliphatic carbocycles. The number of aliphatic imine (C=N–C) groups is 1. The number of ether oxygens (including phenoxy) is 2. The summed E-state index contributed by atoms with van der Waals surface area (Å²) >= 11 is 6.35.